The first-order chi connectivity index (χ1) is 10.1. The second-order valence-electron chi connectivity index (χ2n) is 5.06. The molecule has 0 heterocycles. The van der Waals surface area contributed by atoms with Crippen molar-refractivity contribution < 1.29 is 13.5 Å². The van der Waals surface area contributed by atoms with Crippen molar-refractivity contribution in [1.82, 2.24) is 5.32 Å². The molecule has 2 aromatic rings. The van der Waals surface area contributed by atoms with E-state index in [1.54, 1.807) is 12.1 Å². The lowest BCUT2D eigenvalue weighted by atomic mass is 10.2. The van der Waals surface area contributed by atoms with E-state index in [0.29, 0.717) is 17.1 Å². The lowest BCUT2D eigenvalue weighted by molar-refractivity contribution is 0.430. The third kappa shape index (κ3) is 3.60. The molecule has 0 aromatic heterocycles. The SMILES string of the molecule is Fc1cc(Oc2c(F)cccc2CNC2CC2)ccc1Br. The van der Waals surface area contributed by atoms with E-state index in [9.17, 15) is 8.78 Å². The van der Waals surface area contributed by atoms with Gasteiger partial charge in [-0.05, 0) is 47.0 Å². The molecule has 0 spiro atoms. The number of rotatable bonds is 5. The second kappa shape index (κ2) is 6.12. The smallest absolute Gasteiger partial charge is 0.167 e. The Morgan fingerprint density at radius 2 is 1.95 bits per heavy atom. The first-order valence-corrected chi connectivity index (χ1v) is 7.56. The van der Waals surface area contributed by atoms with Crippen molar-refractivity contribution in [2.45, 2.75) is 25.4 Å². The molecular formula is C16H14BrF2NO. The van der Waals surface area contributed by atoms with Crippen LogP contribution in [0, 0.1) is 11.6 Å². The zero-order valence-electron chi connectivity index (χ0n) is 11.2. The van der Waals surface area contributed by atoms with Gasteiger partial charge in [-0.15, -0.1) is 0 Å². The fourth-order valence-corrected chi connectivity index (χ4v) is 2.25. The number of ether oxygens (including phenoxy) is 1. The van der Waals surface area contributed by atoms with Crippen LogP contribution < -0.4 is 10.1 Å². The fraction of sp³-hybridized carbons (Fsp3) is 0.250. The van der Waals surface area contributed by atoms with Crippen LogP contribution in [0.1, 0.15) is 18.4 Å². The minimum atomic E-state index is -0.451. The topological polar surface area (TPSA) is 21.3 Å². The molecule has 0 radical (unpaired) electrons. The molecule has 0 atom stereocenters. The van der Waals surface area contributed by atoms with E-state index in [4.69, 9.17) is 4.74 Å². The summed E-state index contributed by atoms with van der Waals surface area (Å²) in [5.74, 6) is -0.476. The summed E-state index contributed by atoms with van der Waals surface area (Å²) in [6, 6.07) is 9.67. The molecule has 1 saturated carbocycles. The Hall–Kier alpha value is -1.46. The summed E-state index contributed by atoms with van der Waals surface area (Å²) in [7, 11) is 0. The number of hydrogen-bond acceptors (Lipinski definition) is 2. The molecule has 3 rings (SSSR count). The molecular weight excluding hydrogens is 340 g/mol. The number of hydrogen-bond donors (Lipinski definition) is 1. The number of para-hydroxylation sites is 1. The van der Waals surface area contributed by atoms with Crippen LogP contribution >= 0.6 is 15.9 Å². The van der Waals surface area contributed by atoms with Crippen LogP contribution in [0.5, 0.6) is 11.5 Å². The Bertz CT molecular complexity index is 659. The average molecular weight is 354 g/mol. The van der Waals surface area contributed by atoms with Crippen LogP contribution in [0.2, 0.25) is 0 Å². The highest BCUT2D eigenvalue weighted by Crippen LogP contribution is 2.31. The number of halogens is 3. The fourth-order valence-electron chi connectivity index (χ4n) is 2.01. The van der Waals surface area contributed by atoms with E-state index in [1.807, 2.05) is 6.07 Å². The van der Waals surface area contributed by atoms with Crippen LogP contribution in [0.3, 0.4) is 0 Å². The van der Waals surface area contributed by atoms with E-state index in [0.717, 1.165) is 18.4 Å². The molecule has 1 fully saturated rings. The van der Waals surface area contributed by atoms with Gasteiger partial charge < -0.3 is 10.1 Å². The summed E-state index contributed by atoms with van der Waals surface area (Å²) in [5.41, 5.74) is 0.727. The van der Waals surface area contributed by atoms with Crippen molar-refractivity contribution in [3.8, 4) is 11.5 Å². The predicted octanol–water partition coefficient (Wildman–Crippen LogP) is 4.77. The molecule has 1 N–H and O–H groups in total. The maximum atomic E-state index is 14.0. The highest BCUT2D eigenvalue weighted by atomic mass is 79.9. The highest BCUT2D eigenvalue weighted by molar-refractivity contribution is 9.10. The standard InChI is InChI=1S/C16H14BrF2NO/c17-13-7-6-12(8-15(13)19)21-16-10(2-1-3-14(16)18)9-20-11-4-5-11/h1-3,6-8,11,20H,4-5,9H2. The zero-order chi connectivity index (χ0) is 14.8. The molecule has 1 aliphatic carbocycles. The Morgan fingerprint density at radius 1 is 1.14 bits per heavy atom. The molecule has 0 bridgehead atoms. The monoisotopic (exact) mass is 353 g/mol. The number of benzene rings is 2. The van der Waals surface area contributed by atoms with Crippen LogP contribution in [0.4, 0.5) is 8.78 Å². The van der Waals surface area contributed by atoms with Crippen LogP contribution in [0.25, 0.3) is 0 Å². The largest absolute Gasteiger partial charge is 0.454 e. The molecule has 5 heteroatoms. The molecule has 0 unspecified atom stereocenters. The molecule has 1 aliphatic rings. The predicted molar refractivity (Wildman–Crippen MR) is 80.4 cm³/mol. The number of nitrogens with one attached hydrogen (secondary N) is 1. The molecule has 0 saturated heterocycles. The van der Waals surface area contributed by atoms with Gasteiger partial charge in [-0.3, -0.25) is 0 Å². The molecule has 21 heavy (non-hydrogen) atoms. The van der Waals surface area contributed by atoms with E-state index in [-0.39, 0.29) is 11.5 Å². The Morgan fingerprint density at radius 3 is 2.67 bits per heavy atom. The summed E-state index contributed by atoms with van der Waals surface area (Å²) in [4.78, 5) is 0. The van der Waals surface area contributed by atoms with Crippen molar-refractivity contribution in [1.29, 1.82) is 0 Å². The van der Waals surface area contributed by atoms with Gasteiger partial charge in [-0.2, -0.15) is 0 Å². The van der Waals surface area contributed by atoms with Gasteiger partial charge in [-0.1, -0.05) is 12.1 Å². The van der Waals surface area contributed by atoms with Gasteiger partial charge in [0, 0.05) is 24.2 Å². The maximum absolute atomic E-state index is 14.0. The van der Waals surface area contributed by atoms with Gasteiger partial charge in [0.05, 0.1) is 4.47 Å². The van der Waals surface area contributed by atoms with Gasteiger partial charge >= 0.3 is 0 Å². The van der Waals surface area contributed by atoms with Crippen molar-refractivity contribution in [2.75, 3.05) is 0 Å². The molecule has 2 nitrogen and oxygen atoms in total. The minimum Gasteiger partial charge on any atom is -0.454 e. The molecule has 2 aromatic carbocycles. The van der Waals surface area contributed by atoms with Gasteiger partial charge in [0.1, 0.15) is 11.6 Å². The zero-order valence-corrected chi connectivity index (χ0v) is 12.8. The summed E-state index contributed by atoms with van der Waals surface area (Å²) in [6.45, 7) is 0.538. The molecule has 0 amide bonds. The van der Waals surface area contributed by atoms with Crippen LogP contribution in [-0.2, 0) is 6.54 Å². The van der Waals surface area contributed by atoms with E-state index < -0.39 is 11.6 Å². The van der Waals surface area contributed by atoms with Gasteiger partial charge in [-0.25, -0.2) is 8.78 Å². The minimum absolute atomic E-state index is 0.146. The third-order valence-electron chi connectivity index (χ3n) is 3.32. The van der Waals surface area contributed by atoms with Crippen LogP contribution in [0.15, 0.2) is 40.9 Å². The van der Waals surface area contributed by atoms with Gasteiger partial charge in [0.15, 0.2) is 11.6 Å². The third-order valence-corrected chi connectivity index (χ3v) is 3.96. The van der Waals surface area contributed by atoms with E-state index in [1.165, 1.54) is 18.2 Å². The van der Waals surface area contributed by atoms with Crippen LogP contribution in [-0.4, -0.2) is 6.04 Å². The van der Waals surface area contributed by atoms with E-state index >= 15 is 0 Å². The summed E-state index contributed by atoms with van der Waals surface area (Å²) in [6.07, 6.45) is 2.31. The molecule has 110 valence electrons. The lowest BCUT2D eigenvalue weighted by Gasteiger charge is -2.13. The van der Waals surface area contributed by atoms with Crippen molar-refractivity contribution in [2.24, 2.45) is 0 Å². The second-order valence-corrected chi connectivity index (χ2v) is 5.92. The highest BCUT2D eigenvalue weighted by Gasteiger charge is 2.21. The maximum Gasteiger partial charge on any atom is 0.167 e. The Labute approximate surface area is 130 Å². The quantitative estimate of drug-likeness (QED) is 0.835. The Kier molecular flexibility index (Phi) is 4.22. The van der Waals surface area contributed by atoms with Gasteiger partial charge in [0.2, 0.25) is 0 Å². The molecule has 0 aliphatic heterocycles. The van der Waals surface area contributed by atoms with Crippen molar-refractivity contribution in [3.05, 3.63) is 58.1 Å². The summed E-state index contributed by atoms with van der Waals surface area (Å²) < 4.78 is 33.4. The summed E-state index contributed by atoms with van der Waals surface area (Å²) in [5, 5.41) is 3.32. The van der Waals surface area contributed by atoms with Gasteiger partial charge in [0.25, 0.3) is 0 Å². The lowest BCUT2D eigenvalue weighted by Crippen LogP contribution is -2.16. The normalized spacial score (nSPS) is 14.2. The van der Waals surface area contributed by atoms with Crippen molar-refractivity contribution in [3.63, 3.8) is 0 Å². The average Bonchev–Trinajstić information content (AvgIpc) is 3.28. The first-order valence-electron chi connectivity index (χ1n) is 6.77. The van der Waals surface area contributed by atoms with E-state index in [2.05, 4.69) is 21.2 Å². The Balaban J connectivity index is 1.83. The first kappa shape index (κ1) is 14.5. The summed E-state index contributed by atoms with van der Waals surface area (Å²) >= 11 is 3.08. The van der Waals surface area contributed by atoms with Crippen molar-refractivity contribution >= 4 is 15.9 Å².